The number of aryl methyl sites for hydroxylation is 2. The predicted molar refractivity (Wildman–Crippen MR) is 68.7 cm³/mol. The number of nitrogens with one attached hydrogen (secondary N) is 1. The van der Waals surface area contributed by atoms with Gasteiger partial charge in [0.1, 0.15) is 0 Å². The monoisotopic (exact) mass is 232 g/mol. The van der Waals surface area contributed by atoms with Gasteiger partial charge in [-0.1, -0.05) is 0 Å². The van der Waals surface area contributed by atoms with Crippen LogP contribution in [-0.4, -0.2) is 20.9 Å². The Balaban J connectivity index is 1.73. The third-order valence-electron chi connectivity index (χ3n) is 2.92. The summed E-state index contributed by atoms with van der Waals surface area (Å²) in [6, 6.07) is 4.27. The van der Waals surface area contributed by atoms with Crippen molar-refractivity contribution in [2.45, 2.75) is 26.4 Å². The Labute approximate surface area is 102 Å². The summed E-state index contributed by atoms with van der Waals surface area (Å²) in [4.78, 5) is 0. The molecule has 4 nitrogen and oxygen atoms in total. The Morgan fingerprint density at radius 2 is 2.29 bits per heavy atom. The van der Waals surface area contributed by atoms with Crippen LogP contribution in [0.4, 0.5) is 0 Å². The van der Waals surface area contributed by atoms with E-state index in [1.54, 1.807) is 0 Å². The molecule has 2 aromatic rings. The van der Waals surface area contributed by atoms with Gasteiger partial charge in [-0.2, -0.15) is 5.10 Å². The van der Waals surface area contributed by atoms with Crippen molar-refractivity contribution in [2.24, 2.45) is 7.05 Å². The SMILES string of the molecule is CCn1cccc1CNCCc1cnn(C)c1. The molecular weight excluding hydrogens is 212 g/mol. The molecule has 0 amide bonds. The van der Waals surface area contributed by atoms with Crippen molar-refractivity contribution in [2.75, 3.05) is 6.54 Å². The molecule has 0 saturated carbocycles. The molecule has 0 radical (unpaired) electrons. The molecule has 1 N–H and O–H groups in total. The summed E-state index contributed by atoms with van der Waals surface area (Å²) in [5.74, 6) is 0. The summed E-state index contributed by atoms with van der Waals surface area (Å²) >= 11 is 0. The normalized spacial score (nSPS) is 10.9. The molecule has 0 atom stereocenters. The zero-order valence-electron chi connectivity index (χ0n) is 10.6. The van der Waals surface area contributed by atoms with Crippen molar-refractivity contribution >= 4 is 0 Å². The average molecular weight is 232 g/mol. The van der Waals surface area contributed by atoms with Crippen molar-refractivity contribution < 1.29 is 0 Å². The Morgan fingerprint density at radius 3 is 3.00 bits per heavy atom. The van der Waals surface area contributed by atoms with E-state index in [1.165, 1.54) is 11.3 Å². The molecule has 17 heavy (non-hydrogen) atoms. The Hall–Kier alpha value is -1.55. The molecule has 92 valence electrons. The van der Waals surface area contributed by atoms with Crippen LogP contribution in [0.3, 0.4) is 0 Å². The number of hydrogen-bond donors (Lipinski definition) is 1. The second kappa shape index (κ2) is 5.68. The zero-order chi connectivity index (χ0) is 12.1. The minimum atomic E-state index is 0.932. The topological polar surface area (TPSA) is 34.8 Å². The number of nitrogens with zero attached hydrogens (tertiary/aromatic N) is 3. The van der Waals surface area contributed by atoms with E-state index >= 15 is 0 Å². The van der Waals surface area contributed by atoms with E-state index in [0.717, 1.165) is 26.1 Å². The standard InChI is InChI=1S/C13H20N4/c1-3-17-8-4-5-13(17)10-14-7-6-12-9-15-16(2)11-12/h4-5,8-9,11,14H,3,6-7,10H2,1-2H3. The van der Waals surface area contributed by atoms with Gasteiger partial charge in [0.05, 0.1) is 6.20 Å². The van der Waals surface area contributed by atoms with E-state index in [1.807, 2.05) is 17.9 Å². The molecule has 0 aromatic carbocycles. The first-order valence-electron chi connectivity index (χ1n) is 6.12. The summed E-state index contributed by atoms with van der Waals surface area (Å²) in [6.07, 6.45) is 7.14. The first kappa shape index (κ1) is 11.9. The third kappa shape index (κ3) is 3.20. The van der Waals surface area contributed by atoms with Crippen molar-refractivity contribution in [3.63, 3.8) is 0 Å². The molecule has 0 saturated heterocycles. The van der Waals surface area contributed by atoms with Gasteiger partial charge in [0.25, 0.3) is 0 Å². The third-order valence-corrected chi connectivity index (χ3v) is 2.92. The second-order valence-corrected chi connectivity index (χ2v) is 4.23. The van der Waals surface area contributed by atoms with Gasteiger partial charge in [0.2, 0.25) is 0 Å². The van der Waals surface area contributed by atoms with Crippen LogP contribution in [0.2, 0.25) is 0 Å². The minimum absolute atomic E-state index is 0.932. The lowest BCUT2D eigenvalue weighted by atomic mass is 10.2. The molecule has 2 rings (SSSR count). The summed E-state index contributed by atoms with van der Waals surface area (Å²) < 4.78 is 4.11. The summed E-state index contributed by atoms with van der Waals surface area (Å²) in [5, 5.41) is 7.62. The van der Waals surface area contributed by atoms with Gasteiger partial charge < -0.3 is 9.88 Å². The van der Waals surface area contributed by atoms with Gasteiger partial charge in [-0.15, -0.1) is 0 Å². The number of aromatic nitrogens is 3. The number of rotatable bonds is 6. The predicted octanol–water partition coefficient (Wildman–Crippen LogP) is 1.57. The van der Waals surface area contributed by atoms with Crippen LogP contribution in [0.5, 0.6) is 0 Å². The van der Waals surface area contributed by atoms with E-state index in [4.69, 9.17) is 0 Å². The molecule has 2 aromatic heterocycles. The maximum Gasteiger partial charge on any atom is 0.0522 e. The fraction of sp³-hybridized carbons (Fsp3) is 0.462. The lowest BCUT2D eigenvalue weighted by Gasteiger charge is -2.07. The Kier molecular flexibility index (Phi) is 3.98. The first-order valence-corrected chi connectivity index (χ1v) is 6.12. The minimum Gasteiger partial charge on any atom is -0.351 e. The summed E-state index contributed by atoms with van der Waals surface area (Å²) in [5.41, 5.74) is 2.63. The van der Waals surface area contributed by atoms with Crippen molar-refractivity contribution in [1.29, 1.82) is 0 Å². The molecule has 0 spiro atoms. The smallest absolute Gasteiger partial charge is 0.0522 e. The highest BCUT2D eigenvalue weighted by molar-refractivity contribution is 5.07. The van der Waals surface area contributed by atoms with Crippen molar-refractivity contribution in [1.82, 2.24) is 19.7 Å². The van der Waals surface area contributed by atoms with Crippen LogP contribution in [0.1, 0.15) is 18.2 Å². The molecule has 4 heteroatoms. The lowest BCUT2D eigenvalue weighted by molar-refractivity contribution is 0.628. The average Bonchev–Trinajstić information content (AvgIpc) is 2.93. The zero-order valence-corrected chi connectivity index (χ0v) is 10.6. The van der Waals surface area contributed by atoms with Crippen LogP contribution in [-0.2, 0) is 26.6 Å². The van der Waals surface area contributed by atoms with E-state index in [0.29, 0.717) is 0 Å². The van der Waals surface area contributed by atoms with Crippen LogP contribution in [0, 0.1) is 0 Å². The Morgan fingerprint density at radius 1 is 1.41 bits per heavy atom. The van der Waals surface area contributed by atoms with Gasteiger partial charge in [0, 0.05) is 38.2 Å². The maximum atomic E-state index is 4.16. The van der Waals surface area contributed by atoms with E-state index in [9.17, 15) is 0 Å². The van der Waals surface area contributed by atoms with Crippen molar-refractivity contribution in [3.05, 3.63) is 42.0 Å². The van der Waals surface area contributed by atoms with Crippen LogP contribution in [0.25, 0.3) is 0 Å². The largest absolute Gasteiger partial charge is 0.351 e. The highest BCUT2D eigenvalue weighted by Gasteiger charge is 1.99. The lowest BCUT2D eigenvalue weighted by Crippen LogP contribution is -2.18. The highest BCUT2D eigenvalue weighted by atomic mass is 15.2. The van der Waals surface area contributed by atoms with Gasteiger partial charge in [0.15, 0.2) is 0 Å². The highest BCUT2D eigenvalue weighted by Crippen LogP contribution is 2.02. The molecule has 0 bridgehead atoms. The van der Waals surface area contributed by atoms with Gasteiger partial charge in [-0.25, -0.2) is 0 Å². The summed E-state index contributed by atoms with van der Waals surface area (Å²) in [6.45, 7) is 5.12. The fourth-order valence-corrected chi connectivity index (χ4v) is 1.97. The molecule has 2 heterocycles. The van der Waals surface area contributed by atoms with E-state index < -0.39 is 0 Å². The molecule has 0 unspecified atom stereocenters. The molecular formula is C13H20N4. The van der Waals surface area contributed by atoms with E-state index in [2.05, 4.69) is 46.4 Å². The fourth-order valence-electron chi connectivity index (χ4n) is 1.97. The van der Waals surface area contributed by atoms with Crippen LogP contribution >= 0.6 is 0 Å². The van der Waals surface area contributed by atoms with Gasteiger partial charge in [-0.3, -0.25) is 4.68 Å². The van der Waals surface area contributed by atoms with Gasteiger partial charge >= 0.3 is 0 Å². The first-order chi connectivity index (χ1) is 8.29. The molecule has 0 aliphatic rings. The Bertz CT molecular complexity index is 455. The van der Waals surface area contributed by atoms with E-state index in [-0.39, 0.29) is 0 Å². The molecule has 0 fully saturated rings. The maximum absolute atomic E-state index is 4.16. The second-order valence-electron chi connectivity index (χ2n) is 4.23. The van der Waals surface area contributed by atoms with Crippen LogP contribution in [0.15, 0.2) is 30.7 Å². The molecule has 0 aliphatic carbocycles. The quantitative estimate of drug-likeness (QED) is 0.767. The van der Waals surface area contributed by atoms with Gasteiger partial charge in [-0.05, 0) is 37.6 Å². The number of hydrogen-bond acceptors (Lipinski definition) is 2. The molecule has 0 aliphatic heterocycles. The van der Waals surface area contributed by atoms with Crippen LogP contribution < -0.4 is 5.32 Å². The summed E-state index contributed by atoms with van der Waals surface area (Å²) in [7, 11) is 1.95. The van der Waals surface area contributed by atoms with Crippen molar-refractivity contribution in [3.8, 4) is 0 Å².